The Morgan fingerprint density at radius 1 is 0.605 bits per heavy atom. The van der Waals surface area contributed by atoms with Crippen LogP contribution in [0.2, 0.25) is 0 Å². The van der Waals surface area contributed by atoms with Gasteiger partial charge in [-0.25, -0.2) is 0 Å². The van der Waals surface area contributed by atoms with Gasteiger partial charge in [0, 0.05) is 5.92 Å². The number of fused-ring (bicyclic) bond motifs is 4. The van der Waals surface area contributed by atoms with E-state index in [4.69, 9.17) is 0 Å². The molecule has 0 radical (unpaired) electrons. The molecule has 0 aliphatic heterocycles. The van der Waals surface area contributed by atoms with Crippen LogP contribution in [0.3, 0.4) is 0 Å². The first kappa shape index (κ1) is 23.0. The molecule has 0 nitrogen and oxygen atoms in total. The van der Waals surface area contributed by atoms with E-state index in [1.165, 1.54) is 66.8 Å². The fraction of sp³-hybridized carbons (Fsp3) is 0.158. The van der Waals surface area contributed by atoms with E-state index < -0.39 is 0 Å². The summed E-state index contributed by atoms with van der Waals surface area (Å²) >= 11 is 0. The predicted octanol–water partition coefficient (Wildman–Crippen LogP) is 9.51. The van der Waals surface area contributed by atoms with Gasteiger partial charge in [-0.3, -0.25) is 0 Å². The summed E-state index contributed by atoms with van der Waals surface area (Å²) in [4.78, 5) is 0. The quantitative estimate of drug-likeness (QED) is 0.237. The Balaban J connectivity index is 1.52. The van der Waals surface area contributed by atoms with Gasteiger partial charge in [0.15, 0.2) is 0 Å². The van der Waals surface area contributed by atoms with Crippen molar-refractivity contribution in [3.05, 3.63) is 171 Å². The molecule has 38 heavy (non-hydrogen) atoms. The number of aryl methyl sites for hydroxylation is 2. The van der Waals surface area contributed by atoms with Crippen LogP contribution in [0.25, 0.3) is 16.7 Å². The minimum atomic E-state index is -0.358. The molecule has 7 rings (SSSR count). The van der Waals surface area contributed by atoms with E-state index in [2.05, 4.69) is 142 Å². The summed E-state index contributed by atoms with van der Waals surface area (Å²) in [7, 11) is 0. The van der Waals surface area contributed by atoms with Gasteiger partial charge in [-0.15, -0.1) is 0 Å². The fourth-order valence-corrected chi connectivity index (χ4v) is 6.87. The number of allylic oxidation sites excluding steroid dienone is 8. The van der Waals surface area contributed by atoms with Crippen LogP contribution >= 0.6 is 0 Å². The lowest BCUT2D eigenvalue weighted by atomic mass is 9.67. The molecule has 0 spiro atoms. The van der Waals surface area contributed by atoms with Crippen LogP contribution in [0.1, 0.15) is 52.3 Å². The molecule has 0 amide bonds. The van der Waals surface area contributed by atoms with Gasteiger partial charge >= 0.3 is 0 Å². The topological polar surface area (TPSA) is 0 Å². The van der Waals surface area contributed by atoms with Crippen LogP contribution < -0.4 is 0 Å². The molecular weight excluding hydrogens is 456 g/mol. The van der Waals surface area contributed by atoms with Crippen LogP contribution in [0.5, 0.6) is 0 Å². The molecule has 0 heterocycles. The predicted molar refractivity (Wildman–Crippen MR) is 160 cm³/mol. The van der Waals surface area contributed by atoms with E-state index in [9.17, 15) is 0 Å². The van der Waals surface area contributed by atoms with Crippen molar-refractivity contribution in [1.82, 2.24) is 0 Å². The van der Waals surface area contributed by atoms with Crippen LogP contribution in [-0.2, 0) is 5.41 Å². The third-order valence-electron chi connectivity index (χ3n) is 8.73. The molecule has 4 aromatic rings. The molecule has 0 N–H and O–H groups in total. The van der Waals surface area contributed by atoms with Crippen molar-refractivity contribution in [2.45, 2.75) is 32.6 Å². The van der Waals surface area contributed by atoms with Gasteiger partial charge in [0.2, 0.25) is 0 Å². The third-order valence-corrected chi connectivity index (χ3v) is 8.73. The van der Waals surface area contributed by atoms with Crippen LogP contribution in [0.15, 0.2) is 133 Å². The SMILES string of the molecule is CC1=CC2CC(c3cccc4c3-c3ccccc3C4(c3ccc(C)cc3)c3ccc(C)cc3)=CC=C2C=C1. The highest BCUT2D eigenvalue weighted by Crippen LogP contribution is 2.58. The van der Waals surface area contributed by atoms with Crippen molar-refractivity contribution in [3.63, 3.8) is 0 Å². The highest BCUT2D eigenvalue weighted by molar-refractivity contribution is 5.94. The second-order valence-electron chi connectivity index (χ2n) is 11.2. The third kappa shape index (κ3) is 3.37. The molecule has 184 valence electrons. The Hall–Kier alpha value is -4.16. The monoisotopic (exact) mass is 488 g/mol. The maximum absolute atomic E-state index is 2.43. The van der Waals surface area contributed by atoms with Crippen LogP contribution in [-0.4, -0.2) is 0 Å². The lowest BCUT2D eigenvalue weighted by Gasteiger charge is -2.34. The van der Waals surface area contributed by atoms with Gasteiger partial charge in [-0.05, 0) is 77.3 Å². The van der Waals surface area contributed by atoms with Gasteiger partial charge in [-0.2, -0.15) is 0 Å². The lowest BCUT2D eigenvalue weighted by molar-refractivity contribution is 0.766. The Kier molecular flexibility index (Phi) is 5.27. The largest absolute Gasteiger partial charge is 0.0737 e. The first-order valence-electron chi connectivity index (χ1n) is 13.7. The smallest absolute Gasteiger partial charge is 0.0713 e. The molecule has 3 aliphatic rings. The van der Waals surface area contributed by atoms with E-state index >= 15 is 0 Å². The average molecular weight is 489 g/mol. The average Bonchev–Trinajstić information content (AvgIpc) is 3.25. The Bertz CT molecular complexity index is 1640. The van der Waals surface area contributed by atoms with Crippen LogP contribution in [0.4, 0.5) is 0 Å². The van der Waals surface area contributed by atoms with Gasteiger partial charge in [0.05, 0.1) is 5.41 Å². The zero-order valence-corrected chi connectivity index (χ0v) is 22.3. The zero-order valence-electron chi connectivity index (χ0n) is 22.3. The standard InChI is InChI=1S/C38H32/c1-25-12-19-31(20-13-25)38(32-21-14-26(2)15-22-32)35-9-5-4-7-34(35)37-33(8-6-10-36(37)38)29-18-17-28-16-11-27(3)23-30(28)24-29/h4-23,30H,24H2,1-3H3. The molecule has 0 saturated heterocycles. The summed E-state index contributed by atoms with van der Waals surface area (Å²) in [5.41, 5.74) is 15.9. The van der Waals surface area contributed by atoms with Gasteiger partial charge in [0.25, 0.3) is 0 Å². The summed E-state index contributed by atoms with van der Waals surface area (Å²) in [5, 5.41) is 0. The molecular formula is C38H32. The van der Waals surface area contributed by atoms with Crippen molar-refractivity contribution in [2.24, 2.45) is 5.92 Å². The molecule has 0 saturated carbocycles. The highest BCUT2D eigenvalue weighted by atomic mass is 14.5. The first-order valence-corrected chi connectivity index (χ1v) is 13.7. The Morgan fingerprint density at radius 2 is 1.24 bits per heavy atom. The minimum Gasteiger partial charge on any atom is -0.0737 e. The van der Waals surface area contributed by atoms with E-state index in [-0.39, 0.29) is 5.41 Å². The second kappa shape index (κ2) is 8.71. The first-order chi connectivity index (χ1) is 18.6. The molecule has 0 bridgehead atoms. The van der Waals surface area contributed by atoms with Crippen molar-refractivity contribution in [3.8, 4) is 11.1 Å². The summed E-state index contributed by atoms with van der Waals surface area (Å²) in [5.74, 6) is 0.450. The van der Waals surface area contributed by atoms with Gasteiger partial charge in [-0.1, -0.05) is 138 Å². The molecule has 1 atom stereocenters. The van der Waals surface area contributed by atoms with Crippen molar-refractivity contribution in [2.75, 3.05) is 0 Å². The second-order valence-corrected chi connectivity index (χ2v) is 11.2. The Labute approximate surface area is 226 Å². The zero-order chi connectivity index (χ0) is 25.9. The highest BCUT2D eigenvalue weighted by Gasteiger charge is 2.47. The molecule has 4 aromatic carbocycles. The van der Waals surface area contributed by atoms with E-state index in [0.717, 1.165) is 6.42 Å². The normalized spacial score (nSPS) is 18.6. The summed E-state index contributed by atoms with van der Waals surface area (Å²) in [6.07, 6.45) is 12.7. The van der Waals surface area contributed by atoms with Gasteiger partial charge < -0.3 is 0 Å². The Morgan fingerprint density at radius 3 is 1.95 bits per heavy atom. The molecule has 0 aromatic heterocycles. The van der Waals surface area contributed by atoms with E-state index in [0.29, 0.717) is 5.92 Å². The van der Waals surface area contributed by atoms with Crippen molar-refractivity contribution >= 4 is 5.57 Å². The maximum atomic E-state index is 2.43. The van der Waals surface area contributed by atoms with E-state index in [1.54, 1.807) is 0 Å². The van der Waals surface area contributed by atoms with Crippen LogP contribution in [0, 0.1) is 19.8 Å². The molecule has 0 fully saturated rings. The summed E-state index contributed by atoms with van der Waals surface area (Å²) < 4.78 is 0. The lowest BCUT2D eigenvalue weighted by Crippen LogP contribution is -2.28. The molecule has 3 aliphatic carbocycles. The number of rotatable bonds is 3. The minimum absolute atomic E-state index is 0.358. The summed E-state index contributed by atoms with van der Waals surface area (Å²) in [6.45, 7) is 6.55. The molecule has 1 unspecified atom stereocenters. The van der Waals surface area contributed by atoms with E-state index in [1.807, 2.05) is 0 Å². The number of benzene rings is 4. The fourth-order valence-electron chi connectivity index (χ4n) is 6.87. The summed E-state index contributed by atoms with van der Waals surface area (Å²) in [6, 6.07) is 34.5. The number of hydrogen-bond acceptors (Lipinski definition) is 0. The molecule has 0 heteroatoms. The number of hydrogen-bond donors (Lipinski definition) is 0. The van der Waals surface area contributed by atoms with Crippen molar-refractivity contribution in [1.29, 1.82) is 0 Å². The van der Waals surface area contributed by atoms with Crippen molar-refractivity contribution < 1.29 is 0 Å². The van der Waals surface area contributed by atoms with Gasteiger partial charge in [0.1, 0.15) is 0 Å². The maximum Gasteiger partial charge on any atom is 0.0713 e.